The first kappa shape index (κ1) is 20.4. The molecule has 2 rings (SSSR count). The molecule has 0 radical (unpaired) electrons. The molecule has 1 nitrogen and oxygen atoms in total. The van der Waals surface area contributed by atoms with Crippen LogP contribution in [0.25, 0.3) is 0 Å². The Kier molecular flexibility index (Phi) is 10.5. The molecule has 140 valence electrons. The smallest absolute Gasteiger partial charge is 0.132 e. The van der Waals surface area contributed by atoms with Crippen molar-refractivity contribution in [3.05, 3.63) is 71.8 Å². The number of rotatable bonds is 14. The van der Waals surface area contributed by atoms with Gasteiger partial charge in [-0.2, -0.15) is 0 Å². The van der Waals surface area contributed by atoms with Gasteiger partial charge in [0.1, 0.15) is 5.78 Å². The zero-order valence-electron chi connectivity index (χ0n) is 16.2. The standard InChI is InChI=1S/C25H34O/c26-25(21-13-3-1-7-15-23-17-9-5-10-18-23)22-14-4-2-8-16-24-19-11-6-12-20-24/h5-6,9-12,17-20H,1-4,7-8,13-16,21-22H2. The molecule has 0 bridgehead atoms. The maximum atomic E-state index is 12.0. The molecule has 0 spiro atoms. The van der Waals surface area contributed by atoms with Crippen LogP contribution in [-0.2, 0) is 17.6 Å². The zero-order valence-corrected chi connectivity index (χ0v) is 16.2. The maximum Gasteiger partial charge on any atom is 0.132 e. The van der Waals surface area contributed by atoms with Crippen LogP contribution in [0.1, 0.15) is 75.3 Å². The van der Waals surface area contributed by atoms with Crippen molar-refractivity contribution in [1.29, 1.82) is 0 Å². The van der Waals surface area contributed by atoms with Gasteiger partial charge in [0.15, 0.2) is 0 Å². The number of aryl methyl sites for hydroxylation is 2. The van der Waals surface area contributed by atoms with Crippen LogP contribution < -0.4 is 0 Å². The maximum absolute atomic E-state index is 12.0. The second-order valence-corrected chi connectivity index (χ2v) is 7.34. The average molecular weight is 351 g/mol. The topological polar surface area (TPSA) is 17.1 Å². The van der Waals surface area contributed by atoms with E-state index < -0.39 is 0 Å². The van der Waals surface area contributed by atoms with Crippen molar-refractivity contribution >= 4 is 5.78 Å². The Morgan fingerprint density at radius 1 is 0.500 bits per heavy atom. The predicted molar refractivity (Wildman–Crippen MR) is 111 cm³/mol. The van der Waals surface area contributed by atoms with Crippen LogP contribution in [0.4, 0.5) is 0 Å². The quantitative estimate of drug-likeness (QED) is 0.337. The Labute approximate surface area is 159 Å². The number of benzene rings is 2. The molecule has 0 fully saturated rings. The van der Waals surface area contributed by atoms with Gasteiger partial charge in [-0.3, -0.25) is 4.79 Å². The molecule has 0 aliphatic heterocycles. The molecule has 0 saturated carbocycles. The third-order valence-corrected chi connectivity index (χ3v) is 5.03. The van der Waals surface area contributed by atoms with Crippen LogP contribution in [0.3, 0.4) is 0 Å². The molecule has 0 unspecified atom stereocenters. The van der Waals surface area contributed by atoms with Gasteiger partial charge in [0.2, 0.25) is 0 Å². The van der Waals surface area contributed by atoms with Gasteiger partial charge in [-0.25, -0.2) is 0 Å². The lowest BCUT2D eigenvalue weighted by Crippen LogP contribution is -1.98. The van der Waals surface area contributed by atoms with Crippen LogP contribution in [0.2, 0.25) is 0 Å². The molecular formula is C25H34O. The molecule has 0 aliphatic carbocycles. The van der Waals surface area contributed by atoms with E-state index in [4.69, 9.17) is 0 Å². The highest BCUT2D eigenvalue weighted by atomic mass is 16.1. The summed E-state index contributed by atoms with van der Waals surface area (Å²) in [5, 5.41) is 0. The first-order chi connectivity index (χ1) is 12.8. The highest BCUT2D eigenvalue weighted by Gasteiger charge is 2.02. The van der Waals surface area contributed by atoms with Crippen molar-refractivity contribution in [2.24, 2.45) is 0 Å². The Morgan fingerprint density at radius 3 is 1.31 bits per heavy atom. The molecule has 0 aromatic heterocycles. The van der Waals surface area contributed by atoms with Crippen molar-refractivity contribution in [1.82, 2.24) is 0 Å². The van der Waals surface area contributed by atoms with Gasteiger partial charge in [0.05, 0.1) is 0 Å². The summed E-state index contributed by atoms with van der Waals surface area (Å²) < 4.78 is 0. The summed E-state index contributed by atoms with van der Waals surface area (Å²) in [6, 6.07) is 21.4. The van der Waals surface area contributed by atoms with E-state index in [1.165, 1.54) is 49.7 Å². The highest BCUT2D eigenvalue weighted by molar-refractivity contribution is 5.78. The number of hydrogen-bond acceptors (Lipinski definition) is 1. The van der Waals surface area contributed by atoms with E-state index in [1.54, 1.807) is 0 Å². The lowest BCUT2D eigenvalue weighted by atomic mass is 10.0. The first-order valence-electron chi connectivity index (χ1n) is 10.4. The van der Waals surface area contributed by atoms with Crippen LogP contribution in [0.15, 0.2) is 60.7 Å². The van der Waals surface area contributed by atoms with Gasteiger partial charge in [0.25, 0.3) is 0 Å². The predicted octanol–water partition coefficient (Wildman–Crippen LogP) is 6.94. The normalized spacial score (nSPS) is 10.8. The molecule has 0 amide bonds. The fourth-order valence-corrected chi connectivity index (χ4v) is 3.42. The minimum Gasteiger partial charge on any atom is -0.300 e. The van der Waals surface area contributed by atoms with E-state index in [-0.39, 0.29) is 0 Å². The largest absolute Gasteiger partial charge is 0.300 e. The second-order valence-electron chi connectivity index (χ2n) is 7.34. The minimum atomic E-state index is 0.469. The monoisotopic (exact) mass is 350 g/mol. The number of Topliss-reactive ketones (excluding diaryl/α,β-unsaturated/α-hetero) is 1. The van der Waals surface area contributed by atoms with Gasteiger partial charge >= 0.3 is 0 Å². The summed E-state index contributed by atoms with van der Waals surface area (Å²) in [6.07, 6.45) is 13.4. The molecule has 0 aliphatic rings. The van der Waals surface area contributed by atoms with Crippen LogP contribution in [0, 0.1) is 0 Å². The Morgan fingerprint density at radius 2 is 0.885 bits per heavy atom. The Hall–Kier alpha value is -1.89. The van der Waals surface area contributed by atoms with Crippen molar-refractivity contribution in [2.75, 3.05) is 0 Å². The lowest BCUT2D eigenvalue weighted by Gasteiger charge is -2.04. The van der Waals surface area contributed by atoms with E-state index in [2.05, 4.69) is 60.7 Å². The van der Waals surface area contributed by atoms with Crippen molar-refractivity contribution < 1.29 is 4.79 Å². The lowest BCUT2D eigenvalue weighted by molar-refractivity contribution is -0.119. The van der Waals surface area contributed by atoms with Gasteiger partial charge < -0.3 is 0 Å². The summed E-state index contributed by atoms with van der Waals surface area (Å²) in [4.78, 5) is 12.0. The second kappa shape index (κ2) is 13.3. The summed E-state index contributed by atoms with van der Waals surface area (Å²) in [5.41, 5.74) is 2.85. The molecule has 0 saturated heterocycles. The van der Waals surface area contributed by atoms with Gasteiger partial charge in [-0.05, 0) is 49.7 Å². The summed E-state index contributed by atoms with van der Waals surface area (Å²) >= 11 is 0. The molecule has 2 aromatic rings. The van der Waals surface area contributed by atoms with E-state index in [1.807, 2.05) is 0 Å². The van der Waals surface area contributed by atoms with Gasteiger partial charge in [-0.1, -0.05) is 86.3 Å². The molecule has 0 N–H and O–H groups in total. The third kappa shape index (κ3) is 9.56. The molecule has 26 heavy (non-hydrogen) atoms. The van der Waals surface area contributed by atoms with Crippen molar-refractivity contribution in [2.45, 2.75) is 77.0 Å². The fourth-order valence-electron chi connectivity index (χ4n) is 3.42. The van der Waals surface area contributed by atoms with E-state index in [0.717, 1.165) is 38.5 Å². The molecule has 0 heterocycles. The van der Waals surface area contributed by atoms with Gasteiger partial charge in [0, 0.05) is 12.8 Å². The fraction of sp³-hybridized carbons (Fsp3) is 0.480. The number of hydrogen-bond donors (Lipinski definition) is 0. The Balaban J connectivity index is 1.37. The number of carbonyl (C=O) groups is 1. The number of ketones is 1. The average Bonchev–Trinajstić information content (AvgIpc) is 2.69. The molecule has 1 heteroatoms. The molecule has 2 aromatic carbocycles. The first-order valence-corrected chi connectivity index (χ1v) is 10.4. The molecular weight excluding hydrogens is 316 g/mol. The van der Waals surface area contributed by atoms with Crippen molar-refractivity contribution in [3.63, 3.8) is 0 Å². The Bertz CT molecular complexity index is 535. The highest BCUT2D eigenvalue weighted by Crippen LogP contribution is 2.12. The summed E-state index contributed by atoms with van der Waals surface area (Å²) in [7, 11) is 0. The van der Waals surface area contributed by atoms with Crippen molar-refractivity contribution in [3.8, 4) is 0 Å². The van der Waals surface area contributed by atoms with Crippen LogP contribution >= 0.6 is 0 Å². The third-order valence-electron chi connectivity index (χ3n) is 5.03. The number of carbonyl (C=O) groups excluding carboxylic acids is 1. The van der Waals surface area contributed by atoms with Crippen LogP contribution in [0.5, 0.6) is 0 Å². The van der Waals surface area contributed by atoms with Gasteiger partial charge in [-0.15, -0.1) is 0 Å². The summed E-state index contributed by atoms with van der Waals surface area (Å²) in [5.74, 6) is 0.469. The molecule has 0 atom stereocenters. The number of unbranched alkanes of at least 4 members (excludes halogenated alkanes) is 6. The van der Waals surface area contributed by atoms with E-state index in [9.17, 15) is 4.79 Å². The van der Waals surface area contributed by atoms with E-state index >= 15 is 0 Å². The zero-order chi connectivity index (χ0) is 18.3. The minimum absolute atomic E-state index is 0.469. The SMILES string of the molecule is O=C(CCCCCCc1ccccc1)CCCCCCc1ccccc1. The van der Waals surface area contributed by atoms with E-state index in [0.29, 0.717) is 5.78 Å². The summed E-state index contributed by atoms with van der Waals surface area (Å²) in [6.45, 7) is 0. The van der Waals surface area contributed by atoms with Crippen LogP contribution in [-0.4, -0.2) is 5.78 Å².